The molecule has 0 N–H and O–H groups in total. The van der Waals surface area contributed by atoms with Gasteiger partial charge in [-0.05, 0) is 22.9 Å². The van der Waals surface area contributed by atoms with E-state index in [4.69, 9.17) is 9.47 Å². The minimum absolute atomic E-state index is 0.0750. The van der Waals surface area contributed by atoms with Gasteiger partial charge in [-0.1, -0.05) is 0 Å². The lowest BCUT2D eigenvalue weighted by Gasteiger charge is -2.15. The summed E-state index contributed by atoms with van der Waals surface area (Å²) in [5, 5.41) is 10.9. The van der Waals surface area contributed by atoms with Crippen LogP contribution in [0.2, 0.25) is 0 Å². The van der Waals surface area contributed by atoms with Crippen molar-refractivity contribution in [1.82, 2.24) is 4.57 Å². The fraction of sp³-hybridized carbons (Fsp3) is 0.500. The van der Waals surface area contributed by atoms with E-state index in [0.29, 0.717) is 5.56 Å². The monoisotopic (exact) mass is 320 g/mol. The third kappa shape index (κ3) is 2.95. The number of hydrogen-bond donors (Lipinski definition) is 0. The van der Waals surface area contributed by atoms with Gasteiger partial charge in [-0.25, -0.2) is 0 Å². The standard InChI is InChI=1S/C10H13BrN2O5/c1-6-7(13(15)16)4-12(10(14)9(6)11)5-8(17-2)18-3/h4,8H,5H2,1-3H3. The maximum Gasteiger partial charge on any atom is 0.289 e. The first kappa shape index (κ1) is 14.8. The molecule has 0 unspecified atom stereocenters. The van der Waals surface area contributed by atoms with Crippen molar-refractivity contribution in [2.75, 3.05) is 14.2 Å². The predicted molar refractivity (Wildman–Crippen MR) is 67.6 cm³/mol. The molecule has 1 aromatic rings. The van der Waals surface area contributed by atoms with E-state index in [1.165, 1.54) is 31.9 Å². The van der Waals surface area contributed by atoms with Crippen molar-refractivity contribution in [3.05, 3.63) is 36.7 Å². The summed E-state index contributed by atoms with van der Waals surface area (Å²) in [5.74, 6) is 0. The van der Waals surface area contributed by atoms with Gasteiger partial charge in [0.05, 0.1) is 22.1 Å². The second kappa shape index (κ2) is 6.07. The van der Waals surface area contributed by atoms with Gasteiger partial charge in [0.2, 0.25) is 0 Å². The Morgan fingerprint density at radius 2 is 2.06 bits per heavy atom. The summed E-state index contributed by atoms with van der Waals surface area (Å²) in [6, 6.07) is 0. The Balaban J connectivity index is 3.28. The summed E-state index contributed by atoms with van der Waals surface area (Å²) >= 11 is 3.06. The van der Waals surface area contributed by atoms with E-state index in [1.807, 2.05) is 0 Å². The van der Waals surface area contributed by atoms with Crippen LogP contribution in [0.4, 0.5) is 5.69 Å². The number of pyridine rings is 1. The Labute approximate surface area is 112 Å². The number of nitro groups is 1. The van der Waals surface area contributed by atoms with Crippen LogP contribution >= 0.6 is 15.9 Å². The van der Waals surface area contributed by atoms with Crippen molar-refractivity contribution >= 4 is 21.6 Å². The first-order valence-corrected chi connectivity index (χ1v) is 5.81. The van der Waals surface area contributed by atoms with Crippen LogP contribution in [0.25, 0.3) is 0 Å². The molecule has 0 aliphatic heterocycles. The Morgan fingerprint density at radius 1 is 1.50 bits per heavy atom. The largest absolute Gasteiger partial charge is 0.354 e. The highest BCUT2D eigenvalue weighted by molar-refractivity contribution is 9.10. The molecule has 0 saturated carbocycles. The number of aromatic nitrogens is 1. The number of halogens is 1. The molecule has 0 bridgehead atoms. The molecule has 1 aromatic heterocycles. The molecule has 0 aromatic carbocycles. The predicted octanol–water partition coefficient (Wildman–Crippen LogP) is 1.45. The molecule has 18 heavy (non-hydrogen) atoms. The van der Waals surface area contributed by atoms with E-state index in [1.54, 1.807) is 0 Å². The molecule has 0 aliphatic carbocycles. The maximum atomic E-state index is 11.9. The Kier molecular flexibility index (Phi) is 5.00. The molecule has 0 aliphatic rings. The number of hydrogen-bond acceptors (Lipinski definition) is 5. The number of ether oxygens (including phenoxy) is 2. The first-order valence-electron chi connectivity index (χ1n) is 5.01. The average molecular weight is 321 g/mol. The number of nitrogens with zero attached hydrogens (tertiary/aromatic N) is 2. The molecule has 1 heterocycles. The number of methoxy groups -OCH3 is 2. The highest BCUT2D eigenvalue weighted by atomic mass is 79.9. The molecule has 1 rings (SSSR count). The topological polar surface area (TPSA) is 83.6 Å². The van der Waals surface area contributed by atoms with E-state index in [0.717, 1.165) is 0 Å². The molecule has 100 valence electrons. The summed E-state index contributed by atoms with van der Waals surface area (Å²) in [6.07, 6.45) is 0.546. The van der Waals surface area contributed by atoms with Gasteiger partial charge in [0.25, 0.3) is 11.2 Å². The van der Waals surface area contributed by atoms with Crippen LogP contribution in [-0.4, -0.2) is 30.0 Å². The van der Waals surface area contributed by atoms with Crippen LogP contribution in [0.5, 0.6) is 0 Å². The lowest BCUT2D eigenvalue weighted by molar-refractivity contribution is -0.386. The van der Waals surface area contributed by atoms with Gasteiger partial charge < -0.3 is 14.0 Å². The highest BCUT2D eigenvalue weighted by Gasteiger charge is 2.19. The first-order chi connectivity index (χ1) is 8.42. The van der Waals surface area contributed by atoms with E-state index in [2.05, 4.69) is 15.9 Å². The Morgan fingerprint density at radius 3 is 2.50 bits per heavy atom. The smallest absolute Gasteiger partial charge is 0.289 e. The summed E-state index contributed by atoms with van der Waals surface area (Å²) < 4.78 is 11.3. The molecular weight excluding hydrogens is 308 g/mol. The van der Waals surface area contributed by atoms with Gasteiger partial charge in [0.15, 0.2) is 6.29 Å². The molecule has 0 saturated heterocycles. The Bertz CT molecular complexity index is 510. The molecule has 0 amide bonds. The average Bonchev–Trinajstić information content (AvgIpc) is 2.35. The van der Waals surface area contributed by atoms with E-state index < -0.39 is 11.2 Å². The molecule has 0 radical (unpaired) electrons. The van der Waals surface area contributed by atoms with Crippen molar-refractivity contribution in [3.63, 3.8) is 0 Å². The van der Waals surface area contributed by atoms with Crippen LogP contribution in [-0.2, 0) is 16.0 Å². The minimum Gasteiger partial charge on any atom is -0.354 e. The molecule has 7 nitrogen and oxygen atoms in total. The van der Waals surface area contributed by atoms with Crippen LogP contribution in [0.1, 0.15) is 5.56 Å². The van der Waals surface area contributed by atoms with Crippen molar-refractivity contribution in [1.29, 1.82) is 0 Å². The number of rotatable bonds is 5. The van der Waals surface area contributed by atoms with Crippen LogP contribution in [0.15, 0.2) is 15.5 Å². The normalized spacial score (nSPS) is 10.9. The van der Waals surface area contributed by atoms with Crippen molar-refractivity contribution in [2.24, 2.45) is 0 Å². The van der Waals surface area contributed by atoms with Crippen molar-refractivity contribution < 1.29 is 14.4 Å². The fourth-order valence-corrected chi connectivity index (χ4v) is 1.86. The fourth-order valence-electron chi connectivity index (χ4n) is 1.43. The lowest BCUT2D eigenvalue weighted by atomic mass is 10.2. The summed E-state index contributed by atoms with van der Waals surface area (Å²) in [6.45, 7) is 1.59. The van der Waals surface area contributed by atoms with Gasteiger partial charge in [0.1, 0.15) is 0 Å². The quantitative estimate of drug-likeness (QED) is 0.465. The Hall–Kier alpha value is -1.25. The van der Waals surface area contributed by atoms with Gasteiger partial charge in [-0.3, -0.25) is 14.9 Å². The second-order valence-corrected chi connectivity index (χ2v) is 4.36. The zero-order chi connectivity index (χ0) is 13.9. The van der Waals surface area contributed by atoms with Crippen molar-refractivity contribution in [2.45, 2.75) is 19.8 Å². The molecule has 8 heteroatoms. The molecule has 0 atom stereocenters. The van der Waals surface area contributed by atoms with E-state index in [-0.39, 0.29) is 22.3 Å². The van der Waals surface area contributed by atoms with Crippen LogP contribution in [0, 0.1) is 17.0 Å². The summed E-state index contributed by atoms with van der Waals surface area (Å²) in [5.41, 5.74) is -0.197. The van der Waals surface area contributed by atoms with E-state index >= 15 is 0 Å². The summed E-state index contributed by atoms with van der Waals surface area (Å²) in [4.78, 5) is 22.2. The minimum atomic E-state index is -0.642. The van der Waals surface area contributed by atoms with Gasteiger partial charge in [-0.2, -0.15) is 0 Å². The SMILES string of the molecule is COC(Cn1cc([N+](=O)[O-])c(C)c(Br)c1=O)OC. The molecule has 0 spiro atoms. The van der Waals surface area contributed by atoms with Gasteiger partial charge in [0, 0.05) is 19.8 Å². The third-order valence-electron chi connectivity index (χ3n) is 2.51. The zero-order valence-corrected chi connectivity index (χ0v) is 11.8. The lowest BCUT2D eigenvalue weighted by Crippen LogP contribution is -2.29. The van der Waals surface area contributed by atoms with Gasteiger partial charge >= 0.3 is 0 Å². The zero-order valence-electron chi connectivity index (χ0n) is 10.2. The maximum absolute atomic E-state index is 11.9. The third-order valence-corrected chi connectivity index (χ3v) is 3.44. The van der Waals surface area contributed by atoms with Crippen molar-refractivity contribution in [3.8, 4) is 0 Å². The molecule has 0 fully saturated rings. The molecular formula is C10H13BrN2O5. The summed E-state index contributed by atoms with van der Waals surface area (Å²) in [7, 11) is 2.85. The highest BCUT2D eigenvalue weighted by Crippen LogP contribution is 2.22. The van der Waals surface area contributed by atoms with Crippen LogP contribution < -0.4 is 5.56 Å². The second-order valence-electron chi connectivity index (χ2n) is 3.57. The van der Waals surface area contributed by atoms with Gasteiger partial charge in [-0.15, -0.1) is 0 Å². The van der Waals surface area contributed by atoms with E-state index in [9.17, 15) is 14.9 Å². The van der Waals surface area contributed by atoms with Crippen LogP contribution in [0.3, 0.4) is 0 Å².